The number of hydrogen-bond acceptors (Lipinski definition) is 2. The molecule has 4 heteroatoms. The molecule has 20 heavy (non-hydrogen) atoms. The Morgan fingerprint density at radius 3 is 2.90 bits per heavy atom. The summed E-state index contributed by atoms with van der Waals surface area (Å²) in [6.45, 7) is 7.58. The fraction of sp³-hybridized carbons (Fsp3) is 0.625. The Kier molecular flexibility index (Phi) is 6.01. The smallest absolute Gasteiger partial charge is 0.137 e. The van der Waals surface area contributed by atoms with Crippen LogP contribution >= 0.6 is 23.2 Å². The molecule has 1 aliphatic rings. The van der Waals surface area contributed by atoms with Crippen LogP contribution in [-0.2, 0) is 0 Å². The summed E-state index contributed by atoms with van der Waals surface area (Å²) < 4.78 is 5.82. The van der Waals surface area contributed by atoms with Gasteiger partial charge in [0.15, 0.2) is 0 Å². The molecule has 3 atom stereocenters. The van der Waals surface area contributed by atoms with Gasteiger partial charge in [-0.2, -0.15) is 0 Å². The number of ether oxygens (including phenoxy) is 1. The van der Waals surface area contributed by atoms with E-state index >= 15 is 0 Å². The molecule has 1 aliphatic heterocycles. The van der Waals surface area contributed by atoms with Gasteiger partial charge in [0.25, 0.3) is 0 Å². The van der Waals surface area contributed by atoms with Crippen molar-refractivity contribution in [2.75, 3.05) is 19.7 Å². The van der Waals surface area contributed by atoms with E-state index in [4.69, 9.17) is 27.9 Å². The lowest BCUT2D eigenvalue weighted by molar-refractivity contribution is 0.186. The first-order valence-electron chi connectivity index (χ1n) is 7.35. The minimum atomic E-state index is 0.522. The summed E-state index contributed by atoms with van der Waals surface area (Å²) in [7, 11) is 0. The summed E-state index contributed by atoms with van der Waals surface area (Å²) in [5.74, 6) is 2.80. The van der Waals surface area contributed by atoms with Crippen LogP contribution in [0.1, 0.15) is 26.7 Å². The van der Waals surface area contributed by atoms with Gasteiger partial charge < -0.3 is 10.1 Å². The first-order valence-corrected chi connectivity index (χ1v) is 8.10. The summed E-state index contributed by atoms with van der Waals surface area (Å²) in [6, 6.07) is 5.36. The van der Waals surface area contributed by atoms with E-state index in [0.717, 1.165) is 30.7 Å². The van der Waals surface area contributed by atoms with Crippen LogP contribution in [0.3, 0.4) is 0 Å². The van der Waals surface area contributed by atoms with Gasteiger partial charge in [-0.05, 0) is 61.9 Å². The van der Waals surface area contributed by atoms with Gasteiger partial charge in [-0.1, -0.05) is 37.0 Å². The molecular formula is C16H23Cl2NO. The van der Waals surface area contributed by atoms with Gasteiger partial charge in [-0.25, -0.2) is 0 Å². The van der Waals surface area contributed by atoms with Gasteiger partial charge in [0.05, 0.1) is 11.6 Å². The van der Waals surface area contributed by atoms with E-state index in [1.807, 2.05) is 6.07 Å². The minimum absolute atomic E-state index is 0.522. The van der Waals surface area contributed by atoms with Crippen LogP contribution in [0.15, 0.2) is 18.2 Å². The Bertz CT molecular complexity index is 438. The molecule has 0 aliphatic carbocycles. The van der Waals surface area contributed by atoms with Gasteiger partial charge in [-0.3, -0.25) is 0 Å². The summed E-state index contributed by atoms with van der Waals surface area (Å²) in [5, 5.41) is 4.70. The van der Waals surface area contributed by atoms with E-state index < -0.39 is 0 Å². The molecule has 3 unspecified atom stereocenters. The zero-order chi connectivity index (χ0) is 14.5. The number of piperidine rings is 1. The summed E-state index contributed by atoms with van der Waals surface area (Å²) >= 11 is 12.0. The molecule has 1 N–H and O–H groups in total. The molecule has 0 spiro atoms. The van der Waals surface area contributed by atoms with Gasteiger partial charge in [-0.15, -0.1) is 0 Å². The van der Waals surface area contributed by atoms with Crippen molar-refractivity contribution in [1.29, 1.82) is 0 Å². The predicted molar refractivity (Wildman–Crippen MR) is 85.9 cm³/mol. The molecular weight excluding hydrogens is 293 g/mol. The van der Waals surface area contributed by atoms with E-state index in [1.165, 1.54) is 12.8 Å². The molecule has 2 rings (SSSR count). The number of hydrogen-bond donors (Lipinski definition) is 1. The van der Waals surface area contributed by atoms with Gasteiger partial charge >= 0.3 is 0 Å². The molecule has 0 aromatic heterocycles. The van der Waals surface area contributed by atoms with Crippen LogP contribution in [0, 0.1) is 17.8 Å². The van der Waals surface area contributed by atoms with Crippen LogP contribution in [-0.4, -0.2) is 19.7 Å². The van der Waals surface area contributed by atoms with Crippen molar-refractivity contribution in [3.8, 4) is 5.75 Å². The van der Waals surface area contributed by atoms with Gasteiger partial charge in [0.1, 0.15) is 5.75 Å². The topological polar surface area (TPSA) is 21.3 Å². The van der Waals surface area contributed by atoms with Crippen molar-refractivity contribution in [2.45, 2.75) is 26.7 Å². The Balaban J connectivity index is 1.81. The number of benzene rings is 1. The van der Waals surface area contributed by atoms with E-state index in [9.17, 15) is 0 Å². The number of rotatable bonds is 5. The van der Waals surface area contributed by atoms with Crippen molar-refractivity contribution < 1.29 is 4.74 Å². The maximum Gasteiger partial charge on any atom is 0.137 e. The van der Waals surface area contributed by atoms with E-state index in [2.05, 4.69) is 19.2 Å². The van der Waals surface area contributed by atoms with E-state index in [0.29, 0.717) is 22.6 Å². The van der Waals surface area contributed by atoms with E-state index in [-0.39, 0.29) is 0 Å². The number of halogens is 2. The fourth-order valence-electron chi connectivity index (χ4n) is 2.78. The Labute approximate surface area is 131 Å². The third kappa shape index (κ3) is 4.54. The quantitative estimate of drug-likeness (QED) is 0.854. The summed E-state index contributed by atoms with van der Waals surface area (Å²) in [5.41, 5.74) is 0. The van der Waals surface area contributed by atoms with Crippen molar-refractivity contribution >= 4 is 23.2 Å². The zero-order valence-electron chi connectivity index (χ0n) is 12.2. The maximum atomic E-state index is 6.11. The molecule has 0 bridgehead atoms. The molecule has 0 radical (unpaired) electrons. The lowest BCUT2D eigenvalue weighted by Crippen LogP contribution is -2.36. The number of nitrogens with one attached hydrogen (secondary N) is 1. The Morgan fingerprint density at radius 2 is 2.20 bits per heavy atom. The maximum absolute atomic E-state index is 6.11. The molecule has 1 saturated heterocycles. The lowest BCUT2D eigenvalue weighted by atomic mass is 9.82. The molecule has 0 amide bonds. The first kappa shape index (κ1) is 15.9. The highest BCUT2D eigenvalue weighted by Gasteiger charge is 2.23. The average molecular weight is 316 g/mol. The minimum Gasteiger partial charge on any atom is -0.492 e. The van der Waals surface area contributed by atoms with Gasteiger partial charge in [0.2, 0.25) is 0 Å². The molecule has 2 nitrogen and oxygen atoms in total. The second kappa shape index (κ2) is 7.53. The van der Waals surface area contributed by atoms with Crippen LogP contribution < -0.4 is 10.1 Å². The Morgan fingerprint density at radius 1 is 1.40 bits per heavy atom. The third-order valence-corrected chi connectivity index (χ3v) is 4.64. The monoisotopic (exact) mass is 315 g/mol. The highest BCUT2D eigenvalue weighted by atomic mass is 35.5. The molecule has 1 aromatic carbocycles. The van der Waals surface area contributed by atoms with Crippen LogP contribution in [0.2, 0.25) is 10.0 Å². The van der Waals surface area contributed by atoms with E-state index in [1.54, 1.807) is 12.1 Å². The molecule has 1 heterocycles. The van der Waals surface area contributed by atoms with Crippen LogP contribution in [0.5, 0.6) is 5.75 Å². The van der Waals surface area contributed by atoms with Crippen LogP contribution in [0.25, 0.3) is 0 Å². The third-order valence-electron chi connectivity index (χ3n) is 4.11. The Hall–Kier alpha value is -0.440. The van der Waals surface area contributed by atoms with Crippen molar-refractivity contribution in [2.24, 2.45) is 17.8 Å². The molecule has 1 fully saturated rings. The van der Waals surface area contributed by atoms with Crippen LogP contribution in [0.4, 0.5) is 0 Å². The summed E-state index contributed by atoms with van der Waals surface area (Å²) in [4.78, 5) is 0. The largest absolute Gasteiger partial charge is 0.492 e. The van der Waals surface area contributed by atoms with Gasteiger partial charge in [0, 0.05) is 5.02 Å². The summed E-state index contributed by atoms with van der Waals surface area (Å²) in [6.07, 6.45) is 2.47. The average Bonchev–Trinajstić information content (AvgIpc) is 2.40. The fourth-order valence-corrected chi connectivity index (χ4v) is 3.24. The first-order chi connectivity index (χ1) is 9.56. The standard InChI is InChI=1S/C16H23Cl2NO/c1-11(7-13-9-19-6-5-12(13)2)10-20-16-4-3-14(17)8-15(16)18/h3-4,8,11-13,19H,5-7,9-10H2,1-2H3. The molecule has 1 aromatic rings. The lowest BCUT2D eigenvalue weighted by Gasteiger charge is -2.31. The normalized spacial score (nSPS) is 24.4. The van der Waals surface area contributed by atoms with Crippen molar-refractivity contribution in [3.05, 3.63) is 28.2 Å². The van der Waals surface area contributed by atoms with Crippen molar-refractivity contribution in [1.82, 2.24) is 5.32 Å². The highest BCUT2D eigenvalue weighted by Crippen LogP contribution is 2.29. The molecule has 112 valence electrons. The predicted octanol–water partition coefficient (Wildman–Crippen LogP) is 4.64. The SMILES string of the molecule is CC(COc1ccc(Cl)cc1Cl)CC1CNCCC1C. The molecule has 0 saturated carbocycles. The second-order valence-electron chi connectivity index (χ2n) is 5.96. The zero-order valence-corrected chi connectivity index (χ0v) is 13.7. The highest BCUT2D eigenvalue weighted by molar-refractivity contribution is 6.35. The second-order valence-corrected chi connectivity index (χ2v) is 6.80. The van der Waals surface area contributed by atoms with Crippen molar-refractivity contribution in [3.63, 3.8) is 0 Å².